The Morgan fingerprint density at radius 2 is 2.00 bits per heavy atom. The smallest absolute Gasteiger partial charge is 0.100 e. The van der Waals surface area contributed by atoms with E-state index in [1.807, 2.05) is 29.2 Å². The fourth-order valence-electron chi connectivity index (χ4n) is 3.69. The van der Waals surface area contributed by atoms with Crippen LogP contribution >= 0.6 is 0 Å². The second-order valence-electron chi connectivity index (χ2n) is 7.06. The predicted octanol–water partition coefficient (Wildman–Crippen LogP) is 3.98. The average Bonchev–Trinajstić information content (AvgIpc) is 3.30. The van der Waals surface area contributed by atoms with E-state index in [4.69, 9.17) is 15.6 Å². The summed E-state index contributed by atoms with van der Waals surface area (Å²) in [5.74, 6) is 0. The van der Waals surface area contributed by atoms with Crippen LogP contribution in [-0.4, -0.2) is 28.0 Å². The Kier molecular flexibility index (Phi) is 5.32. The molecule has 0 fully saturated rings. The highest BCUT2D eigenvalue weighted by atomic mass is 16.5. The molecule has 5 heteroatoms. The molecule has 0 spiro atoms. The molecule has 1 aliphatic carbocycles. The molecule has 1 aromatic carbocycles. The Morgan fingerprint density at radius 3 is 2.81 bits per heavy atom. The van der Waals surface area contributed by atoms with Crippen LogP contribution in [0.15, 0.2) is 48.9 Å². The van der Waals surface area contributed by atoms with Gasteiger partial charge in [0.2, 0.25) is 0 Å². The van der Waals surface area contributed by atoms with Crippen molar-refractivity contribution in [3.63, 3.8) is 0 Å². The zero-order valence-electron chi connectivity index (χ0n) is 15.8. The van der Waals surface area contributed by atoms with E-state index in [-0.39, 0.29) is 6.04 Å². The summed E-state index contributed by atoms with van der Waals surface area (Å²) in [5.41, 5.74) is 13.2. The molecule has 2 heterocycles. The molecule has 0 amide bonds. The van der Waals surface area contributed by atoms with Crippen LogP contribution in [0.3, 0.4) is 0 Å². The van der Waals surface area contributed by atoms with Crippen molar-refractivity contribution in [2.24, 2.45) is 5.73 Å². The van der Waals surface area contributed by atoms with Crippen molar-refractivity contribution in [3.05, 3.63) is 60.0 Å². The summed E-state index contributed by atoms with van der Waals surface area (Å²) in [6, 6.07) is 10.8. The van der Waals surface area contributed by atoms with Crippen LogP contribution in [-0.2, 0) is 17.7 Å². The summed E-state index contributed by atoms with van der Waals surface area (Å²) < 4.78 is 7.62. The summed E-state index contributed by atoms with van der Waals surface area (Å²) in [4.78, 5) is 4.14. The summed E-state index contributed by atoms with van der Waals surface area (Å²) in [6.07, 6.45) is 8.86. The number of ether oxygens (including phenoxy) is 1. The van der Waals surface area contributed by atoms with Gasteiger partial charge in [0.1, 0.15) is 5.69 Å². The molecule has 2 aromatic heterocycles. The van der Waals surface area contributed by atoms with Gasteiger partial charge >= 0.3 is 0 Å². The minimum absolute atomic E-state index is 0.173. The molecule has 4 rings (SSSR count). The van der Waals surface area contributed by atoms with Crippen LogP contribution < -0.4 is 5.73 Å². The maximum absolute atomic E-state index is 6.20. The summed E-state index contributed by atoms with van der Waals surface area (Å²) in [7, 11) is 0. The van der Waals surface area contributed by atoms with E-state index in [1.54, 1.807) is 0 Å². The van der Waals surface area contributed by atoms with E-state index in [1.165, 1.54) is 16.7 Å². The van der Waals surface area contributed by atoms with Crippen LogP contribution in [0, 0.1) is 0 Å². The molecule has 0 radical (unpaired) electrons. The first kappa shape index (κ1) is 17.9. The van der Waals surface area contributed by atoms with Gasteiger partial charge in [0, 0.05) is 42.4 Å². The third-order valence-corrected chi connectivity index (χ3v) is 5.11. The van der Waals surface area contributed by atoms with Crippen LogP contribution in [0.1, 0.15) is 36.9 Å². The zero-order chi connectivity index (χ0) is 18.6. The molecule has 2 N–H and O–H groups in total. The number of rotatable bonds is 7. The normalized spacial score (nSPS) is 15.9. The number of aromatic nitrogens is 3. The highest BCUT2D eigenvalue weighted by Crippen LogP contribution is 2.36. The second-order valence-corrected chi connectivity index (χ2v) is 7.06. The molecule has 0 bridgehead atoms. The van der Waals surface area contributed by atoms with Gasteiger partial charge < -0.3 is 10.5 Å². The molecular formula is C22H26N4O. The molecule has 0 saturated carbocycles. The summed E-state index contributed by atoms with van der Waals surface area (Å²) >= 11 is 0. The van der Waals surface area contributed by atoms with Crippen molar-refractivity contribution < 1.29 is 4.74 Å². The third-order valence-electron chi connectivity index (χ3n) is 5.11. The number of hydrogen-bond acceptors (Lipinski definition) is 4. The lowest BCUT2D eigenvalue weighted by Gasteiger charge is -2.07. The number of aryl methyl sites for hydroxylation is 1. The van der Waals surface area contributed by atoms with Crippen molar-refractivity contribution in [1.82, 2.24) is 14.8 Å². The van der Waals surface area contributed by atoms with Gasteiger partial charge in [-0.3, -0.25) is 9.67 Å². The zero-order valence-corrected chi connectivity index (χ0v) is 15.8. The maximum Gasteiger partial charge on any atom is 0.100 e. The predicted molar refractivity (Wildman–Crippen MR) is 107 cm³/mol. The third kappa shape index (κ3) is 3.80. The first-order valence-corrected chi connectivity index (χ1v) is 9.70. The quantitative estimate of drug-likeness (QED) is 0.646. The first-order valence-electron chi connectivity index (χ1n) is 9.70. The van der Waals surface area contributed by atoms with Crippen LogP contribution in [0.4, 0.5) is 0 Å². The lowest BCUT2D eigenvalue weighted by Crippen LogP contribution is -2.07. The molecule has 27 heavy (non-hydrogen) atoms. The van der Waals surface area contributed by atoms with Crippen molar-refractivity contribution in [2.45, 2.75) is 38.8 Å². The largest absolute Gasteiger partial charge is 0.380 e. The van der Waals surface area contributed by atoms with Gasteiger partial charge in [-0.25, -0.2) is 0 Å². The Balaban J connectivity index is 1.69. The van der Waals surface area contributed by atoms with E-state index in [2.05, 4.69) is 36.3 Å². The highest BCUT2D eigenvalue weighted by Gasteiger charge is 2.21. The number of nitrogens with two attached hydrogens (primary N) is 1. The van der Waals surface area contributed by atoms with E-state index < -0.39 is 0 Å². The standard InChI is InChI=1S/C22H26N4O/c1-2-12-27-13-11-26-15-20(22(25-26)16-7-9-24-10-8-16)18-3-5-19-17(14-18)4-6-21(19)23/h3,5,7-10,14-15,21H,2,4,6,11-13,23H2,1H3. The Bertz CT molecular complexity index is 904. The van der Waals surface area contributed by atoms with Crippen LogP contribution in [0.25, 0.3) is 22.4 Å². The Labute approximate surface area is 160 Å². The molecular weight excluding hydrogens is 336 g/mol. The number of benzene rings is 1. The molecule has 1 aliphatic rings. The summed E-state index contributed by atoms with van der Waals surface area (Å²) in [6.45, 7) is 4.32. The Hall–Kier alpha value is -2.50. The molecule has 0 aliphatic heterocycles. The van der Waals surface area contributed by atoms with E-state index in [0.29, 0.717) is 6.61 Å². The highest BCUT2D eigenvalue weighted by molar-refractivity contribution is 5.80. The molecule has 0 saturated heterocycles. The SMILES string of the molecule is CCCOCCn1cc(-c2ccc3c(c2)CCC3N)c(-c2ccncc2)n1. The number of pyridine rings is 1. The van der Waals surface area contributed by atoms with Gasteiger partial charge in [0.05, 0.1) is 13.2 Å². The van der Waals surface area contributed by atoms with Gasteiger partial charge in [-0.2, -0.15) is 5.10 Å². The number of nitrogens with zero attached hydrogens (tertiary/aromatic N) is 3. The monoisotopic (exact) mass is 362 g/mol. The fourth-order valence-corrected chi connectivity index (χ4v) is 3.69. The molecule has 3 aromatic rings. The topological polar surface area (TPSA) is 66.0 Å². The average molecular weight is 362 g/mol. The molecule has 1 atom stereocenters. The second kappa shape index (κ2) is 8.03. The molecule has 5 nitrogen and oxygen atoms in total. The maximum atomic E-state index is 6.20. The number of fused-ring (bicyclic) bond motifs is 1. The fraction of sp³-hybridized carbons (Fsp3) is 0.364. The van der Waals surface area contributed by atoms with Gasteiger partial charge in [-0.05, 0) is 48.1 Å². The first-order chi connectivity index (χ1) is 13.3. The van der Waals surface area contributed by atoms with E-state index in [9.17, 15) is 0 Å². The minimum Gasteiger partial charge on any atom is -0.380 e. The minimum atomic E-state index is 0.173. The summed E-state index contributed by atoms with van der Waals surface area (Å²) in [5, 5.41) is 4.85. The van der Waals surface area contributed by atoms with Crippen LogP contribution in [0.2, 0.25) is 0 Å². The van der Waals surface area contributed by atoms with Gasteiger partial charge in [-0.1, -0.05) is 25.1 Å². The molecule has 1 unspecified atom stereocenters. The van der Waals surface area contributed by atoms with Gasteiger partial charge in [0.15, 0.2) is 0 Å². The van der Waals surface area contributed by atoms with Crippen molar-refractivity contribution in [3.8, 4) is 22.4 Å². The Morgan fingerprint density at radius 1 is 1.15 bits per heavy atom. The van der Waals surface area contributed by atoms with Gasteiger partial charge in [-0.15, -0.1) is 0 Å². The van der Waals surface area contributed by atoms with Crippen LogP contribution in [0.5, 0.6) is 0 Å². The van der Waals surface area contributed by atoms with E-state index >= 15 is 0 Å². The van der Waals surface area contributed by atoms with Crippen molar-refractivity contribution in [1.29, 1.82) is 0 Å². The van der Waals surface area contributed by atoms with Crippen molar-refractivity contribution in [2.75, 3.05) is 13.2 Å². The molecule has 140 valence electrons. The number of hydrogen-bond donors (Lipinski definition) is 1. The lowest BCUT2D eigenvalue weighted by atomic mass is 9.98. The van der Waals surface area contributed by atoms with E-state index in [0.717, 1.165) is 49.2 Å². The van der Waals surface area contributed by atoms with Crippen molar-refractivity contribution >= 4 is 0 Å². The van der Waals surface area contributed by atoms with Gasteiger partial charge in [0.25, 0.3) is 0 Å². The lowest BCUT2D eigenvalue weighted by molar-refractivity contribution is 0.124.